The summed E-state index contributed by atoms with van der Waals surface area (Å²) in [5.74, 6) is 0.553. The van der Waals surface area contributed by atoms with E-state index >= 15 is 0 Å². The molecular formula is C12H24BrN3. The topological polar surface area (TPSA) is 36.4 Å². The summed E-state index contributed by atoms with van der Waals surface area (Å²) < 4.78 is 0. The third-order valence-corrected chi connectivity index (χ3v) is 3.00. The maximum absolute atomic E-state index is 4.41. The Morgan fingerprint density at radius 3 is 2.62 bits per heavy atom. The molecule has 0 aromatic rings. The van der Waals surface area contributed by atoms with Crippen LogP contribution in [0.1, 0.15) is 33.6 Å². The molecule has 0 aliphatic rings. The van der Waals surface area contributed by atoms with Crippen LogP contribution in [-0.2, 0) is 0 Å². The van der Waals surface area contributed by atoms with Crippen LogP contribution < -0.4 is 10.9 Å². The number of nitrogens with zero attached hydrogens (tertiary/aromatic N) is 1. The predicted octanol–water partition coefficient (Wildman–Crippen LogP) is 2.88. The number of aliphatic imine (C=N–C) groups is 1. The molecule has 0 aliphatic heterocycles. The van der Waals surface area contributed by atoms with E-state index in [0.29, 0.717) is 12.0 Å². The minimum atomic E-state index is 0.435. The largest absolute Gasteiger partial charge is 0.266 e. The third kappa shape index (κ3) is 7.14. The first kappa shape index (κ1) is 15.8. The summed E-state index contributed by atoms with van der Waals surface area (Å²) in [4.78, 5) is 4.41. The quantitative estimate of drug-likeness (QED) is 0.410. The number of hydrogen-bond acceptors (Lipinski definition) is 3. The Balaban J connectivity index is 4.27. The molecule has 0 rings (SSSR count). The fraction of sp³-hybridized carbons (Fsp3) is 0.750. The monoisotopic (exact) mass is 289 g/mol. The van der Waals surface area contributed by atoms with Crippen LogP contribution in [0.3, 0.4) is 0 Å². The van der Waals surface area contributed by atoms with E-state index in [-0.39, 0.29) is 0 Å². The molecular weight excluding hydrogens is 266 g/mol. The van der Waals surface area contributed by atoms with Gasteiger partial charge in [-0.3, -0.25) is 15.8 Å². The van der Waals surface area contributed by atoms with Crippen LogP contribution in [0.25, 0.3) is 0 Å². The van der Waals surface area contributed by atoms with Crippen molar-refractivity contribution < 1.29 is 0 Å². The van der Waals surface area contributed by atoms with Gasteiger partial charge in [0.25, 0.3) is 0 Å². The van der Waals surface area contributed by atoms with Gasteiger partial charge in [-0.15, -0.1) is 0 Å². The van der Waals surface area contributed by atoms with E-state index in [0.717, 1.165) is 18.2 Å². The van der Waals surface area contributed by atoms with E-state index in [1.54, 1.807) is 0 Å². The van der Waals surface area contributed by atoms with E-state index in [1.807, 2.05) is 20.2 Å². The van der Waals surface area contributed by atoms with Crippen molar-refractivity contribution in [1.29, 1.82) is 0 Å². The van der Waals surface area contributed by atoms with Gasteiger partial charge in [-0.25, -0.2) is 0 Å². The second-order valence-electron chi connectivity index (χ2n) is 3.92. The van der Waals surface area contributed by atoms with Crippen LogP contribution in [0.4, 0.5) is 0 Å². The van der Waals surface area contributed by atoms with Gasteiger partial charge in [-0.05, 0) is 39.7 Å². The predicted molar refractivity (Wildman–Crippen MR) is 76.1 cm³/mol. The summed E-state index contributed by atoms with van der Waals surface area (Å²) in [6.07, 6.45) is 6.11. The smallest absolute Gasteiger partial charge is 0.0363 e. The van der Waals surface area contributed by atoms with E-state index in [2.05, 4.69) is 51.7 Å². The zero-order valence-corrected chi connectivity index (χ0v) is 12.3. The lowest BCUT2D eigenvalue weighted by atomic mass is 9.98. The summed E-state index contributed by atoms with van der Waals surface area (Å²) in [5.41, 5.74) is 7.37. The highest BCUT2D eigenvalue weighted by atomic mass is 79.9. The van der Waals surface area contributed by atoms with Crippen LogP contribution in [-0.4, -0.2) is 24.6 Å². The summed E-state index contributed by atoms with van der Waals surface area (Å²) in [6.45, 7) is 6.38. The molecule has 0 aliphatic carbocycles. The Morgan fingerprint density at radius 1 is 1.44 bits per heavy atom. The summed E-state index contributed by atoms with van der Waals surface area (Å²) in [5, 5.41) is 0.994. The molecule has 16 heavy (non-hydrogen) atoms. The fourth-order valence-electron chi connectivity index (χ4n) is 1.45. The van der Waals surface area contributed by atoms with Crippen LogP contribution in [0.2, 0.25) is 0 Å². The van der Waals surface area contributed by atoms with Crippen molar-refractivity contribution in [3.63, 3.8) is 0 Å². The second kappa shape index (κ2) is 10.00. The first-order valence-electron chi connectivity index (χ1n) is 5.81. The van der Waals surface area contributed by atoms with E-state index < -0.39 is 0 Å². The van der Waals surface area contributed by atoms with Crippen molar-refractivity contribution in [3.8, 4) is 0 Å². The van der Waals surface area contributed by atoms with Crippen molar-refractivity contribution >= 4 is 22.1 Å². The van der Waals surface area contributed by atoms with Crippen LogP contribution >= 0.6 is 15.9 Å². The number of nitrogens with one attached hydrogen (secondary N) is 2. The van der Waals surface area contributed by atoms with Gasteiger partial charge in [0.05, 0.1) is 0 Å². The SMILES string of the molecule is C/C=N\C(=C/CCBr)C[C@@H](C)C(C)NNC. The average molecular weight is 290 g/mol. The van der Waals surface area contributed by atoms with Gasteiger partial charge in [-0.2, -0.15) is 0 Å². The first-order chi connectivity index (χ1) is 7.65. The molecule has 0 saturated carbocycles. The molecule has 2 atom stereocenters. The molecule has 0 bridgehead atoms. The zero-order valence-electron chi connectivity index (χ0n) is 10.8. The molecule has 0 aromatic heterocycles. The molecule has 0 fully saturated rings. The molecule has 2 N–H and O–H groups in total. The Bertz CT molecular complexity index is 226. The van der Waals surface area contributed by atoms with Gasteiger partial charge < -0.3 is 0 Å². The molecule has 0 radical (unpaired) electrons. The van der Waals surface area contributed by atoms with Crippen LogP contribution in [0.5, 0.6) is 0 Å². The number of halogens is 1. The first-order valence-corrected chi connectivity index (χ1v) is 6.93. The highest BCUT2D eigenvalue weighted by molar-refractivity contribution is 9.09. The lowest BCUT2D eigenvalue weighted by Gasteiger charge is -2.20. The minimum Gasteiger partial charge on any atom is -0.266 e. The number of allylic oxidation sites excluding steroid dienone is 2. The van der Waals surface area contributed by atoms with Crippen molar-refractivity contribution in [1.82, 2.24) is 10.9 Å². The van der Waals surface area contributed by atoms with Crippen molar-refractivity contribution in [2.45, 2.75) is 39.7 Å². The van der Waals surface area contributed by atoms with Gasteiger partial charge in [0.2, 0.25) is 0 Å². The fourth-order valence-corrected chi connectivity index (χ4v) is 1.68. The van der Waals surface area contributed by atoms with Crippen LogP contribution in [0.15, 0.2) is 16.8 Å². The highest BCUT2D eigenvalue weighted by Gasteiger charge is 2.12. The molecule has 0 saturated heterocycles. The normalized spacial score (nSPS) is 16.7. The van der Waals surface area contributed by atoms with Gasteiger partial charge in [0, 0.05) is 23.3 Å². The van der Waals surface area contributed by atoms with Gasteiger partial charge in [-0.1, -0.05) is 28.9 Å². The van der Waals surface area contributed by atoms with Crippen LogP contribution in [0, 0.1) is 5.92 Å². The average Bonchev–Trinajstić information content (AvgIpc) is 2.26. The number of hydrazine groups is 1. The summed E-state index contributed by atoms with van der Waals surface area (Å²) in [7, 11) is 1.90. The van der Waals surface area contributed by atoms with E-state index in [9.17, 15) is 0 Å². The third-order valence-electron chi connectivity index (χ3n) is 2.54. The Kier molecular flexibility index (Phi) is 9.88. The lowest BCUT2D eigenvalue weighted by Crippen LogP contribution is -2.40. The maximum atomic E-state index is 4.41. The molecule has 94 valence electrons. The Morgan fingerprint density at radius 2 is 2.12 bits per heavy atom. The molecule has 0 spiro atoms. The highest BCUT2D eigenvalue weighted by Crippen LogP contribution is 2.16. The molecule has 3 nitrogen and oxygen atoms in total. The molecule has 4 heteroatoms. The standard InChI is InChI=1S/C12H24BrN3/c1-5-15-12(7-6-8-13)9-10(2)11(3)16-14-4/h5,7,10-11,14,16H,6,8-9H2,1-4H3/b12-7-,15-5-/t10-,11?/m1/s1. The maximum Gasteiger partial charge on any atom is 0.0363 e. The van der Waals surface area contributed by atoms with Crippen molar-refractivity contribution in [2.24, 2.45) is 10.9 Å². The second-order valence-corrected chi connectivity index (χ2v) is 4.72. The van der Waals surface area contributed by atoms with E-state index in [1.165, 1.54) is 5.70 Å². The molecule has 1 unspecified atom stereocenters. The molecule has 0 amide bonds. The lowest BCUT2D eigenvalue weighted by molar-refractivity contribution is 0.366. The number of rotatable bonds is 8. The summed E-state index contributed by atoms with van der Waals surface area (Å²) >= 11 is 3.43. The minimum absolute atomic E-state index is 0.435. The van der Waals surface area contributed by atoms with E-state index in [4.69, 9.17) is 0 Å². The van der Waals surface area contributed by atoms with Gasteiger partial charge in [0.1, 0.15) is 0 Å². The molecule has 0 aromatic carbocycles. The zero-order chi connectivity index (χ0) is 12.4. The number of hydrogen-bond donors (Lipinski definition) is 2. The Hall–Kier alpha value is -0.190. The number of alkyl halides is 1. The molecule has 0 heterocycles. The van der Waals surface area contributed by atoms with Gasteiger partial charge >= 0.3 is 0 Å². The Labute approximate surface area is 108 Å². The summed E-state index contributed by atoms with van der Waals surface area (Å²) in [6, 6.07) is 0.435. The van der Waals surface area contributed by atoms with Crippen molar-refractivity contribution in [2.75, 3.05) is 12.4 Å². The van der Waals surface area contributed by atoms with Gasteiger partial charge in [0.15, 0.2) is 0 Å². The van der Waals surface area contributed by atoms with Crippen molar-refractivity contribution in [3.05, 3.63) is 11.8 Å².